The van der Waals surface area contributed by atoms with Gasteiger partial charge in [0.25, 0.3) is 5.78 Å². The molecule has 1 aromatic rings. The standard InChI is InChI=1S/C14H13NO3/c1-15(2,3)12-8-11(14(17)18)9-6-4-5-7-10(9)13(12)16/h4-7H,1-3H3/p+1. The highest BCUT2D eigenvalue weighted by Crippen LogP contribution is 2.28. The minimum Gasteiger partial charge on any atom is -0.477 e. The van der Waals surface area contributed by atoms with Crippen LogP contribution in [-0.2, 0) is 4.79 Å². The summed E-state index contributed by atoms with van der Waals surface area (Å²) < 4.78 is 0.240. The van der Waals surface area contributed by atoms with Crippen LogP contribution in [0.2, 0.25) is 0 Å². The average Bonchev–Trinajstić information content (AvgIpc) is 2.27. The SMILES string of the molecule is C[N+](C)(C)C1=C=C(C(=O)O)c2ccccc2C1=O. The van der Waals surface area contributed by atoms with Crippen LogP contribution in [0.25, 0.3) is 5.57 Å². The molecule has 0 aromatic heterocycles. The van der Waals surface area contributed by atoms with Crippen molar-refractivity contribution in [2.75, 3.05) is 21.1 Å². The lowest BCUT2D eigenvalue weighted by Crippen LogP contribution is -2.38. The van der Waals surface area contributed by atoms with E-state index in [1.807, 2.05) is 21.1 Å². The quantitative estimate of drug-likeness (QED) is 0.634. The summed E-state index contributed by atoms with van der Waals surface area (Å²) in [5, 5.41) is 9.22. The Morgan fingerprint density at radius 1 is 1.17 bits per heavy atom. The van der Waals surface area contributed by atoms with Crippen molar-refractivity contribution in [2.24, 2.45) is 0 Å². The molecule has 4 nitrogen and oxygen atoms in total. The van der Waals surface area contributed by atoms with E-state index in [0.29, 0.717) is 16.8 Å². The van der Waals surface area contributed by atoms with Crippen molar-refractivity contribution < 1.29 is 19.2 Å². The molecule has 2 rings (SSSR count). The van der Waals surface area contributed by atoms with E-state index in [2.05, 4.69) is 5.73 Å². The van der Waals surface area contributed by atoms with E-state index in [-0.39, 0.29) is 15.8 Å². The number of carbonyl (C=O) groups excluding carboxylic acids is 1. The molecule has 0 radical (unpaired) electrons. The summed E-state index contributed by atoms with van der Waals surface area (Å²) in [6.07, 6.45) is 0. The normalized spacial score (nSPS) is 14.7. The maximum Gasteiger partial charge on any atom is 0.344 e. The predicted octanol–water partition coefficient (Wildman–Crippen LogP) is 1.54. The van der Waals surface area contributed by atoms with Gasteiger partial charge in [0.15, 0.2) is 0 Å². The van der Waals surface area contributed by atoms with Crippen molar-refractivity contribution >= 4 is 17.3 Å². The number of likely N-dealkylation sites (N-methyl/N-ethyl adjacent to an activating group) is 1. The van der Waals surface area contributed by atoms with E-state index in [9.17, 15) is 14.7 Å². The second-order valence-corrected chi connectivity index (χ2v) is 5.04. The molecule has 0 saturated heterocycles. The Morgan fingerprint density at radius 2 is 1.72 bits per heavy atom. The number of benzene rings is 1. The summed E-state index contributed by atoms with van der Waals surface area (Å²) in [5.41, 5.74) is 4.02. The Morgan fingerprint density at radius 3 is 2.22 bits per heavy atom. The van der Waals surface area contributed by atoms with Gasteiger partial charge in [0.05, 0.1) is 21.1 Å². The van der Waals surface area contributed by atoms with Crippen molar-refractivity contribution in [1.82, 2.24) is 0 Å². The molecule has 0 heterocycles. The van der Waals surface area contributed by atoms with Gasteiger partial charge in [0.1, 0.15) is 5.57 Å². The summed E-state index contributed by atoms with van der Waals surface area (Å²) >= 11 is 0. The molecule has 0 spiro atoms. The van der Waals surface area contributed by atoms with Gasteiger partial charge < -0.3 is 5.11 Å². The van der Waals surface area contributed by atoms with Crippen LogP contribution in [0, 0.1) is 0 Å². The van der Waals surface area contributed by atoms with Crippen molar-refractivity contribution in [1.29, 1.82) is 0 Å². The van der Waals surface area contributed by atoms with Gasteiger partial charge >= 0.3 is 5.97 Å². The third-order valence-electron chi connectivity index (χ3n) is 2.78. The minimum absolute atomic E-state index is 0.0493. The first-order valence-corrected chi connectivity index (χ1v) is 5.52. The van der Waals surface area contributed by atoms with Crippen LogP contribution in [0.1, 0.15) is 15.9 Å². The Hall–Kier alpha value is -2.16. The lowest BCUT2D eigenvalue weighted by molar-refractivity contribution is -0.826. The molecule has 0 amide bonds. The molecule has 92 valence electrons. The number of carboxylic acid groups (broad SMARTS) is 1. The van der Waals surface area contributed by atoms with Gasteiger partial charge in [-0.15, -0.1) is 0 Å². The van der Waals surface area contributed by atoms with Crippen LogP contribution in [0.5, 0.6) is 0 Å². The third-order valence-corrected chi connectivity index (χ3v) is 2.78. The monoisotopic (exact) mass is 244 g/mol. The van der Waals surface area contributed by atoms with Gasteiger partial charge in [0, 0.05) is 11.1 Å². The van der Waals surface area contributed by atoms with E-state index in [1.165, 1.54) is 0 Å². The fraction of sp³-hybridized carbons (Fsp3) is 0.214. The molecular weight excluding hydrogens is 230 g/mol. The zero-order valence-electron chi connectivity index (χ0n) is 10.5. The average molecular weight is 244 g/mol. The van der Waals surface area contributed by atoms with Crippen molar-refractivity contribution in [3.63, 3.8) is 0 Å². The van der Waals surface area contributed by atoms with Crippen LogP contribution in [0.3, 0.4) is 0 Å². The predicted molar refractivity (Wildman–Crippen MR) is 66.9 cm³/mol. The lowest BCUT2D eigenvalue weighted by Gasteiger charge is -2.26. The van der Waals surface area contributed by atoms with E-state index in [4.69, 9.17) is 0 Å². The van der Waals surface area contributed by atoms with Crippen molar-refractivity contribution in [3.8, 4) is 0 Å². The maximum absolute atomic E-state index is 12.3. The summed E-state index contributed by atoms with van der Waals surface area (Å²) in [4.78, 5) is 23.6. The first-order chi connectivity index (χ1) is 8.32. The second kappa shape index (κ2) is 3.95. The highest BCUT2D eigenvalue weighted by molar-refractivity contribution is 6.23. The molecule has 0 unspecified atom stereocenters. The molecule has 0 bridgehead atoms. The van der Waals surface area contributed by atoms with Gasteiger partial charge in [-0.3, -0.25) is 9.28 Å². The molecule has 0 saturated carbocycles. The number of fused-ring (bicyclic) bond motifs is 1. The highest BCUT2D eigenvalue weighted by Gasteiger charge is 2.33. The molecule has 1 aromatic carbocycles. The number of hydrogen-bond acceptors (Lipinski definition) is 2. The van der Waals surface area contributed by atoms with Gasteiger partial charge in [-0.05, 0) is 5.73 Å². The number of carbonyl (C=O) groups is 2. The van der Waals surface area contributed by atoms with Gasteiger partial charge in [0.2, 0.25) is 5.70 Å². The van der Waals surface area contributed by atoms with Crippen LogP contribution in [0.15, 0.2) is 35.7 Å². The molecular formula is C14H14NO3+. The van der Waals surface area contributed by atoms with Gasteiger partial charge in [-0.2, -0.15) is 0 Å². The molecule has 1 aliphatic carbocycles. The molecule has 4 heteroatoms. The van der Waals surface area contributed by atoms with E-state index >= 15 is 0 Å². The maximum atomic E-state index is 12.3. The molecule has 18 heavy (non-hydrogen) atoms. The minimum atomic E-state index is -1.07. The first kappa shape index (κ1) is 12.3. The fourth-order valence-corrected chi connectivity index (χ4v) is 1.91. The Bertz CT molecular complexity index is 614. The summed E-state index contributed by atoms with van der Waals surface area (Å²) in [5.74, 6) is -1.23. The lowest BCUT2D eigenvalue weighted by atomic mass is 9.91. The fourth-order valence-electron chi connectivity index (χ4n) is 1.91. The van der Waals surface area contributed by atoms with Crippen molar-refractivity contribution in [2.45, 2.75) is 0 Å². The Balaban J connectivity index is 2.82. The second-order valence-electron chi connectivity index (χ2n) is 5.04. The summed E-state index contributed by atoms with van der Waals surface area (Å²) in [6, 6.07) is 6.73. The number of quaternary nitrogens is 1. The number of hydrogen-bond donors (Lipinski definition) is 1. The van der Waals surface area contributed by atoms with Crippen LogP contribution in [0.4, 0.5) is 0 Å². The third kappa shape index (κ3) is 1.88. The molecule has 1 aliphatic rings. The van der Waals surface area contributed by atoms with Crippen LogP contribution in [-0.4, -0.2) is 42.5 Å². The largest absolute Gasteiger partial charge is 0.477 e. The Labute approximate surface area is 105 Å². The van der Waals surface area contributed by atoms with Gasteiger partial charge in [-0.1, -0.05) is 24.3 Å². The molecule has 0 fully saturated rings. The molecule has 0 aliphatic heterocycles. The molecule has 1 N–H and O–H groups in total. The zero-order valence-corrected chi connectivity index (χ0v) is 10.5. The van der Waals surface area contributed by atoms with Crippen LogP contribution < -0.4 is 0 Å². The van der Waals surface area contributed by atoms with Crippen LogP contribution >= 0.6 is 0 Å². The summed E-state index contributed by atoms with van der Waals surface area (Å²) in [6.45, 7) is 0. The van der Waals surface area contributed by atoms with E-state index in [0.717, 1.165) is 0 Å². The number of aliphatic carboxylic acids is 1. The number of Topliss-reactive ketones (excluding diaryl/α,β-unsaturated/α-hetero) is 1. The number of carboxylic acids is 1. The van der Waals surface area contributed by atoms with Gasteiger partial charge in [-0.25, -0.2) is 4.79 Å². The highest BCUT2D eigenvalue weighted by atomic mass is 16.4. The smallest absolute Gasteiger partial charge is 0.344 e. The van der Waals surface area contributed by atoms with Crippen molar-refractivity contribution in [3.05, 3.63) is 46.8 Å². The first-order valence-electron chi connectivity index (χ1n) is 5.52. The zero-order chi connectivity index (χ0) is 13.5. The van der Waals surface area contributed by atoms with E-state index < -0.39 is 5.97 Å². The van der Waals surface area contributed by atoms with E-state index in [1.54, 1.807) is 24.3 Å². The topological polar surface area (TPSA) is 54.4 Å². The Kier molecular flexibility index (Phi) is 2.70. The number of ketones is 1. The number of rotatable bonds is 2. The molecule has 0 atom stereocenters. The number of nitrogens with zero attached hydrogens (tertiary/aromatic N) is 1. The summed E-state index contributed by atoms with van der Waals surface area (Å²) in [7, 11) is 5.44.